The summed E-state index contributed by atoms with van der Waals surface area (Å²) in [6.07, 6.45) is 7.58. The molecule has 0 spiro atoms. The maximum Gasteiger partial charge on any atom is 0.258 e. The topological polar surface area (TPSA) is 77.0 Å². The fourth-order valence-corrected chi connectivity index (χ4v) is 3.42. The number of carbonyl (C=O) groups excluding carboxylic acids is 1. The van der Waals surface area contributed by atoms with Crippen molar-refractivity contribution in [3.8, 4) is 0 Å². The summed E-state index contributed by atoms with van der Waals surface area (Å²) >= 11 is 0. The minimum Gasteiger partial charge on any atom is -0.337 e. The molecule has 1 atom stereocenters. The Balaban J connectivity index is 1.67. The fraction of sp³-hybridized carbons (Fsp3) is 0.412. The van der Waals surface area contributed by atoms with Crippen LogP contribution in [0.1, 0.15) is 40.6 Å². The number of carbonyl (C=O) groups is 1. The van der Waals surface area contributed by atoms with Gasteiger partial charge in [-0.25, -0.2) is 9.97 Å². The lowest BCUT2D eigenvalue weighted by Gasteiger charge is -2.33. The van der Waals surface area contributed by atoms with Gasteiger partial charge in [0.2, 0.25) is 0 Å². The SMILES string of the molecule is Cc1cc(C(=O)N2CCC[C@H](n3ccnc3)C2)c2c(C)noc2n1. The number of piperidine rings is 1. The van der Waals surface area contributed by atoms with Gasteiger partial charge in [-0.3, -0.25) is 4.79 Å². The van der Waals surface area contributed by atoms with Crippen molar-refractivity contribution in [3.63, 3.8) is 0 Å². The van der Waals surface area contributed by atoms with E-state index in [1.807, 2.05) is 37.3 Å². The van der Waals surface area contributed by atoms with E-state index >= 15 is 0 Å². The minimum atomic E-state index is 0.0154. The average molecular weight is 325 g/mol. The second-order valence-electron chi connectivity index (χ2n) is 6.32. The molecule has 1 aliphatic rings. The molecule has 4 rings (SSSR count). The maximum atomic E-state index is 13.1. The summed E-state index contributed by atoms with van der Waals surface area (Å²) in [4.78, 5) is 23.5. The minimum absolute atomic E-state index is 0.0154. The maximum absolute atomic E-state index is 13.1. The molecule has 3 aromatic rings. The summed E-state index contributed by atoms with van der Waals surface area (Å²) in [5.41, 5.74) is 2.51. The van der Waals surface area contributed by atoms with E-state index in [0.717, 1.165) is 30.5 Å². The van der Waals surface area contributed by atoms with Crippen LogP contribution in [0.2, 0.25) is 0 Å². The van der Waals surface area contributed by atoms with Crippen molar-refractivity contribution in [2.75, 3.05) is 13.1 Å². The predicted molar refractivity (Wildman–Crippen MR) is 87.7 cm³/mol. The van der Waals surface area contributed by atoms with Crippen LogP contribution in [0.4, 0.5) is 0 Å². The first-order valence-electron chi connectivity index (χ1n) is 8.14. The molecule has 0 N–H and O–H groups in total. The number of hydrogen-bond acceptors (Lipinski definition) is 5. The Kier molecular flexibility index (Phi) is 3.55. The number of rotatable bonds is 2. The first-order valence-corrected chi connectivity index (χ1v) is 8.14. The summed E-state index contributed by atoms with van der Waals surface area (Å²) in [5.74, 6) is 0.0154. The number of fused-ring (bicyclic) bond motifs is 1. The lowest BCUT2D eigenvalue weighted by molar-refractivity contribution is 0.0681. The van der Waals surface area contributed by atoms with Gasteiger partial charge in [0.1, 0.15) is 0 Å². The number of hydrogen-bond donors (Lipinski definition) is 0. The number of imidazole rings is 1. The quantitative estimate of drug-likeness (QED) is 0.723. The summed E-state index contributed by atoms with van der Waals surface area (Å²) in [6, 6.07) is 2.10. The van der Waals surface area contributed by atoms with Crippen molar-refractivity contribution < 1.29 is 9.32 Å². The van der Waals surface area contributed by atoms with Gasteiger partial charge in [-0.15, -0.1) is 0 Å². The number of likely N-dealkylation sites (tertiary alicyclic amines) is 1. The average Bonchev–Trinajstić information content (AvgIpc) is 3.24. The van der Waals surface area contributed by atoms with Crippen molar-refractivity contribution in [1.82, 2.24) is 24.6 Å². The molecule has 124 valence electrons. The van der Waals surface area contributed by atoms with Crippen molar-refractivity contribution in [3.05, 3.63) is 41.7 Å². The summed E-state index contributed by atoms with van der Waals surface area (Å²) in [5, 5.41) is 4.68. The number of aryl methyl sites for hydroxylation is 2. The van der Waals surface area contributed by atoms with Gasteiger partial charge in [0.05, 0.1) is 29.0 Å². The summed E-state index contributed by atoms with van der Waals surface area (Å²) in [6.45, 7) is 5.14. The zero-order valence-electron chi connectivity index (χ0n) is 13.8. The Hall–Kier alpha value is -2.70. The van der Waals surface area contributed by atoms with Crippen molar-refractivity contribution in [2.24, 2.45) is 0 Å². The first kappa shape index (κ1) is 14.9. The van der Waals surface area contributed by atoms with Crippen LogP contribution >= 0.6 is 0 Å². The van der Waals surface area contributed by atoms with Gasteiger partial charge in [0, 0.05) is 31.2 Å². The standard InChI is InChI=1S/C17H19N5O2/c1-11-8-14(15-12(2)20-24-16(15)19-11)17(23)21-6-3-4-13(9-21)22-7-5-18-10-22/h5,7-8,10,13H,3-4,6,9H2,1-2H3/t13-/m0/s1. The highest BCUT2D eigenvalue weighted by atomic mass is 16.5. The zero-order valence-corrected chi connectivity index (χ0v) is 13.8. The molecule has 0 aliphatic carbocycles. The largest absolute Gasteiger partial charge is 0.337 e. The Bertz CT molecular complexity index is 884. The Labute approximate surface area is 139 Å². The number of pyridine rings is 1. The molecule has 1 saturated heterocycles. The molecular weight excluding hydrogens is 306 g/mol. The Morgan fingerprint density at radius 3 is 3.04 bits per heavy atom. The van der Waals surface area contributed by atoms with Gasteiger partial charge in [0.25, 0.3) is 11.6 Å². The summed E-state index contributed by atoms with van der Waals surface area (Å²) < 4.78 is 7.32. The molecule has 1 aliphatic heterocycles. The molecule has 1 fully saturated rings. The molecule has 0 saturated carbocycles. The van der Waals surface area contributed by atoms with Crippen LogP contribution in [0, 0.1) is 13.8 Å². The third kappa shape index (κ3) is 2.46. The smallest absolute Gasteiger partial charge is 0.258 e. The van der Waals surface area contributed by atoms with Gasteiger partial charge >= 0.3 is 0 Å². The molecule has 0 radical (unpaired) electrons. The lowest BCUT2D eigenvalue weighted by Crippen LogP contribution is -2.40. The molecule has 7 heteroatoms. The fourth-order valence-electron chi connectivity index (χ4n) is 3.42. The molecule has 0 aromatic carbocycles. The summed E-state index contributed by atoms with van der Waals surface area (Å²) in [7, 11) is 0. The molecule has 0 bridgehead atoms. The number of aromatic nitrogens is 4. The number of amides is 1. The zero-order chi connectivity index (χ0) is 16.7. The molecular formula is C17H19N5O2. The van der Waals surface area contributed by atoms with Crippen LogP contribution in [0.5, 0.6) is 0 Å². The number of nitrogens with zero attached hydrogens (tertiary/aromatic N) is 5. The third-order valence-electron chi connectivity index (χ3n) is 4.61. The lowest BCUT2D eigenvalue weighted by atomic mass is 10.0. The monoisotopic (exact) mass is 325 g/mol. The Morgan fingerprint density at radius 1 is 1.38 bits per heavy atom. The van der Waals surface area contributed by atoms with Crippen molar-refractivity contribution in [1.29, 1.82) is 0 Å². The molecule has 3 aromatic heterocycles. The van der Waals surface area contributed by atoms with Crippen LogP contribution < -0.4 is 0 Å². The van der Waals surface area contributed by atoms with E-state index in [-0.39, 0.29) is 11.9 Å². The van der Waals surface area contributed by atoms with Crippen molar-refractivity contribution >= 4 is 17.0 Å². The molecule has 7 nitrogen and oxygen atoms in total. The molecule has 4 heterocycles. The van der Waals surface area contributed by atoms with Crippen molar-refractivity contribution in [2.45, 2.75) is 32.7 Å². The highest BCUT2D eigenvalue weighted by Crippen LogP contribution is 2.27. The van der Waals surface area contributed by atoms with E-state index < -0.39 is 0 Å². The molecule has 24 heavy (non-hydrogen) atoms. The van der Waals surface area contributed by atoms with Crippen LogP contribution in [-0.2, 0) is 0 Å². The van der Waals surface area contributed by atoms with Gasteiger partial charge in [-0.05, 0) is 32.8 Å². The normalized spacial score (nSPS) is 18.2. The van der Waals surface area contributed by atoms with Gasteiger partial charge < -0.3 is 14.0 Å². The van der Waals surface area contributed by atoms with Crippen LogP contribution in [0.3, 0.4) is 0 Å². The van der Waals surface area contributed by atoms with E-state index in [9.17, 15) is 4.79 Å². The van der Waals surface area contributed by atoms with E-state index in [1.165, 1.54) is 0 Å². The van der Waals surface area contributed by atoms with E-state index in [1.54, 1.807) is 6.20 Å². The van der Waals surface area contributed by atoms with E-state index in [4.69, 9.17) is 4.52 Å². The second-order valence-corrected chi connectivity index (χ2v) is 6.32. The second kappa shape index (κ2) is 5.74. The third-order valence-corrected chi connectivity index (χ3v) is 4.61. The molecule has 0 unspecified atom stereocenters. The first-order chi connectivity index (χ1) is 11.6. The molecule has 1 amide bonds. The highest BCUT2D eigenvalue weighted by Gasteiger charge is 2.28. The van der Waals surface area contributed by atoms with Crippen LogP contribution in [0.25, 0.3) is 11.1 Å². The van der Waals surface area contributed by atoms with Crippen LogP contribution in [-0.4, -0.2) is 43.6 Å². The van der Waals surface area contributed by atoms with Gasteiger partial charge in [-0.1, -0.05) is 5.16 Å². The van der Waals surface area contributed by atoms with Gasteiger partial charge in [-0.2, -0.15) is 0 Å². The predicted octanol–water partition coefficient (Wildman–Crippen LogP) is 2.51. The van der Waals surface area contributed by atoms with E-state index in [2.05, 4.69) is 19.7 Å². The Morgan fingerprint density at radius 2 is 2.25 bits per heavy atom. The van der Waals surface area contributed by atoms with Gasteiger partial charge in [0.15, 0.2) is 0 Å². The van der Waals surface area contributed by atoms with E-state index in [0.29, 0.717) is 23.5 Å². The van der Waals surface area contributed by atoms with Crippen LogP contribution in [0.15, 0.2) is 29.3 Å². The highest BCUT2D eigenvalue weighted by molar-refractivity contribution is 6.06.